The standard InChI is InChI=1S/C22H24N4O2/c1-15(2)17-5-7-18(8-6-17)21-14-26(24-23-21)20-9-3-16(4-10-20)11-25-12-19(13-25)22(27)28/h3-10,14-15,19H,11-13H2,1-2H3,(H,27,28)/p-1. The number of rotatable bonds is 6. The Morgan fingerprint density at radius 1 is 1.11 bits per heavy atom. The van der Waals surface area contributed by atoms with E-state index in [9.17, 15) is 9.90 Å². The van der Waals surface area contributed by atoms with E-state index in [-0.39, 0.29) is 5.92 Å². The van der Waals surface area contributed by atoms with Crippen LogP contribution >= 0.6 is 0 Å². The second-order valence-electron chi connectivity index (χ2n) is 7.70. The van der Waals surface area contributed by atoms with Crippen LogP contribution < -0.4 is 5.11 Å². The van der Waals surface area contributed by atoms with E-state index in [0.29, 0.717) is 19.0 Å². The van der Waals surface area contributed by atoms with Crippen LogP contribution in [0.25, 0.3) is 16.9 Å². The molecule has 1 aromatic heterocycles. The zero-order valence-corrected chi connectivity index (χ0v) is 16.1. The molecule has 0 atom stereocenters. The van der Waals surface area contributed by atoms with E-state index < -0.39 is 5.97 Å². The lowest BCUT2D eigenvalue weighted by molar-refractivity contribution is -0.315. The van der Waals surface area contributed by atoms with Gasteiger partial charge < -0.3 is 9.90 Å². The zero-order chi connectivity index (χ0) is 19.7. The molecule has 1 fully saturated rings. The van der Waals surface area contributed by atoms with Crippen molar-refractivity contribution in [1.29, 1.82) is 0 Å². The highest BCUT2D eigenvalue weighted by Gasteiger charge is 2.27. The first-order valence-electron chi connectivity index (χ1n) is 9.55. The van der Waals surface area contributed by atoms with E-state index in [1.807, 2.05) is 30.5 Å². The van der Waals surface area contributed by atoms with Gasteiger partial charge in [-0.2, -0.15) is 0 Å². The smallest absolute Gasteiger partial charge is 0.113 e. The summed E-state index contributed by atoms with van der Waals surface area (Å²) >= 11 is 0. The minimum absolute atomic E-state index is 0.331. The van der Waals surface area contributed by atoms with Crippen molar-refractivity contribution in [2.45, 2.75) is 26.3 Å². The first-order valence-corrected chi connectivity index (χ1v) is 9.55. The molecule has 144 valence electrons. The van der Waals surface area contributed by atoms with Crippen LogP contribution in [0.1, 0.15) is 30.9 Å². The van der Waals surface area contributed by atoms with Gasteiger partial charge in [-0.05, 0) is 29.2 Å². The molecule has 2 heterocycles. The summed E-state index contributed by atoms with van der Waals surface area (Å²) in [5.74, 6) is -0.777. The van der Waals surface area contributed by atoms with E-state index in [4.69, 9.17) is 0 Å². The summed E-state index contributed by atoms with van der Waals surface area (Å²) in [5.41, 5.74) is 5.28. The van der Waals surface area contributed by atoms with Gasteiger partial charge in [0.2, 0.25) is 0 Å². The quantitative estimate of drug-likeness (QED) is 0.661. The Hall–Kier alpha value is -2.99. The number of hydrogen-bond acceptors (Lipinski definition) is 5. The number of nitrogens with zero attached hydrogens (tertiary/aromatic N) is 4. The predicted octanol–water partition coefficient (Wildman–Crippen LogP) is 2.24. The Bertz CT molecular complexity index is 955. The van der Waals surface area contributed by atoms with Crippen molar-refractivity contribution in [2.75, 3.05) is 13.1 Å². The molecule has 1 aliphatic heterocycles. The van der Waals surface area contributed by atoms with Crippen molar-refractivity contribution in [1.82, 2.24) is 19.9 Å². The van der Waals surface area contributed by atoms with Gasteiger partial charge in [0.15, 0.2) is 0 Å². The molecule has 0 spiro atoms. The van der Waals surface area contributed by atoms with E-state index in [0.717, 1.165) is 29.1 Å². The average Bonchev–Trinajstić information content (AvgIpc) is 3.14. The molecule has 3 aromatic rings. The van der Waals surface area contributed by atoms with Crippen LogP contribution in [0.2, 0.25) is 0 Å². The Morgan fingerprint density at radius 3 is 2.39 bits per heavy atom. The fourth-order valence-electron chi connectivity index (χ4n) is 3.42. The summed E-state index contributed by atoms with van der Waals surface area (Å²) in [6.45, 7) is 6.23. The predicted molar refractivity (Wildman–Crippen MR) is 105 cm³/mol. The van der Waals surface area contributed by atoms with Gasteiger partial charge in [0.25, 0.3) is 0 Å². The highest BCUT2D eigenvalue weighted by atomic mass is 16.4. The highest BCUT2D eigenvalue weighted by molar-refractivity contribution is 5.69. The molecule has 0 N–H and O–H groups in total. The highest BCUT2D eigenvalue weighted by Crippen LogP contribution is 2.22. The number of aromatic nitrogens is 3. The molecule has 0 unspecified atom stereocenters. The van der Waals surface area contributed by atoms with Gasteiger partial charge in [0, 0.05) is 37.1 Å². The topological polar surface area (TPSA) is 74.1 Å². The second-order valence-corrected chi connectivity index (χ2v) is 7.70. The monoisotopic (exact) mass is 375 g/mol. The molecule has 6 nitrogen and oxygen atoms in total. The third-order valence-corrected chi connectivity index (χ3v) is 5.26. The summed E-state index contributed by atoms with van der Waals surface area (Å²) in [6, 6.07) is 16.5. The fourth-order valence-corrected chi connectivity index (χ4v) is 3.42. The molecule has 0 bridgehead atoms. The number of carboxylic acids is 1. The largest absolute Gasteiger partial charge is 0.550 e. The number of carboxylic acid groups (broad SMARTS) is 1. The van der Waals surface area contributed by atoms with Crippen molar-refractivity contribution in [2.24, 2.45) is 5.92 Å². The van der Waals surface area contributed by atoms with Gasteiger partial charge in [-0.1, -0.05) is 55.5 Å². The van der Waals surface area contributed by atoms with E-state index in [2.05, 4.69) is 53.3 Å². The Balaban J connectivity index is 1.42. The van der Waals surface area contributed by atoms with Crippen molar-refractivity contribution in [3.63, 3.8) is 0 Å². The van der Waals surface area contributed by atoms with Crippen LogP contribution in [0.5, 0.6) is 0 Å². The maximum absolute atomic E-state index is 10.8. The minimum Gasteiger partial charge on any atom is -0.550 e. The van der Waals surface area contributed by atoms with Crippen molar-refractivity contribution >= 4 is 5.97 Å². The maximum atomic E-state index is 10.8. The molecule has 4 rings (SSSR count). The van der Waals surface area contributed by atoms with Crippen LogP contribution in [0.15, 0.2) is 54.7 Å². The number of benzene rings is 2. The van der Waals surface area contributed by atoms with Gasteiger partial charge in [-0.15, -0.1) is 5.10 Å². The molecular formula is C22H23N4O2-. The number of hydrogen-bond donors (Lipinski definition) is 0. The normalized spacial score (nSPS) is 15.0. The van der Waals surface area contributed by atoms with Crippen molar-refractivity contribution in [3.8, 4) is 16.9 Å². The summed E-state index contributed by atoms with van der Waals surface area (Å²) in [5, 5.41) is 19.3. The molecule has 1 aliphatic rings. The van der Waals surface area contributed by atoms with Crippen LogP contribution in [0.4, 0.5) is 0 Å². The van der Waals surface area contributed by atoms with Crippen LogP contribution in [0.3, 0.4) is 0 Å². The molecule has 0 aliphatic carbocycles. The van der Waals surface area contributed by atoms with Crippen molar-refractivity contribution < 1.29 is 9.90 Å². The van der Waals surface area contributed by atoms with Crippen LogP contribution in [-0.2, 0) is 11.3 Å². The molecule has 0 saturated carbocycles. The average molecular weight is 375 g/mol. The van der Waals surface area contributed by atoms with Gasteiger partial charge in [0.05, 0.1) is 11.9 Å². The number of carbonyl (C=O) groups is 1. The Kier molecular flexibility index (Phi) is 4.96. The van der Waals surface area contributed by atoms with E-state index in [1.54, 1.807) is 4.68 Å². The molecule has 1 saturated heterocycles. The minimum atomic E-state index is -0.951. The van der Waals surface area contributed by atoms with Crippen LogP contribution in [-0.4, -0.2) is 39.0 Å². The first kappa shape index (κ1) is 18.4. The van der Waals surface area contributed by atoms with Crippen LogP contribution in [0, 0.1) is 5.92 Å². The lowest BCUT2D eigenvalue weighted by atomic mass is 9.99. The van der Waals surface area contributed by atoms with Gasteiger partial charge >= 0.3 is 0 Å². The van der Waals surface area contributed by atoms with Gasteiger partial charge in [0.1, 0.15) is 5.69 Å². The SMILES string of the molecule is CC(C)c1ccc(-c2cn(-c3ccc(CN4CC(C(=O)[O-])C4)cc3)nn2)cc1. The summed E-state index contributed by atoms with van der Waals surface area (Å²) in [7, 11) is 0. The number of likely N-dealkylation sites (tertiary alicyclic amines) is 1. The Labute approximate surface area is 164 Å². The third kappa shape index (κ3) is 3.82. The zero-order valence-electron chi connectivity index (χ0n) is 16.1. The van der Waals surface area contributed by atoms with Gasteiger partial charge in [-0.25, -0.2) is 4.68 Å². The Morgan fingerprint density at radius 2 is 1.79 bits per heavy atom. The fraction of sp³-hybridized carbons (Fsp3) is 0.318. The molecule has 2 aromatic carbocycles. The molecule has 28 heavy (non-hydrogen) atoms. The molecule has 0 amide bonds. The second kappa shape index (κ2) is 7.56. The summed E-state index contributed by atoms with van der Waals surface area (Å²) < 4.78 is 1.77. The van der Waals surface area contributed by atoms with E-state index >= 15 is 0 Å². The molecule has 6 heteroatoms. The number of carbonyl (C=O) groups excluding carboxylic acids is 1. The third-order valence-electron chi connectivity index (χ3n) is 5.26. The maximum Gasteiger partial charge on any atom is 0.113 e. The lowest BCUT2D eigenvalue weighted by Gasteiger charge is -2.39. The summed E-state index contributed by atoms with van der Waals surface area (Å²) in [6.07, 6.45) is 1.93. The lowest BCUT2D eigenvalue weighted by Crippen LogP contribution is -2.53. The van der Waals surface area contributed by atoms with Gasteiger partial charge in [-0.3, -0.25) is 4.90 Å². The molecular weight excluding hydrogens is 352 g/mol. The summed E-state index contributed by atoms with van der Waals surface area (Å²) in [4.78, 5) is 12.9. The van der Waals surface area contributed by atoms with E-state index in [1.165, 1.54) is 5.56 Å². The first-order chi connectivity index (χ1) is 13.5. The van der Waals surface area contributed by atoms with Crippen molar-refractivity contribution in [3.05, 3.63) is 65.9 Å². The number of aliphatic carboxylic acids is 1. The molecule has 0 radical (unpaired) electrons.